The van der Waals surface area contributed by atoms with Crippen LogP contribution in [0.25, 0.3) is 0 Å². The molecule has 0 aliphatic carbocycles. The van der Waals surface area contributed by atoms with Crippen molar-refractivity contribution in [2.24, 2.45) is 0 Å². The second kappa shape index (κ2) is 6.46. The average Bonchev–Trinajstić information content (AvgIpc) is 2.44. The Morgan fingerprint density at radius 2 is 1.65 bits per heavy atom. The monoisotopic (exact) mass is 279 g/mol. The lowest BCUT2D eigenvalue weighted by molar-refractivity contribution is 0.445. The molecule has 0 spiro atoms. The fourth-order valence-electron chi connectivity index (χ4n) is 2.09. The van der Waals surface area contributed by atoms with E-state index < -0.39 is 17.5 Å². The van der Waals surface area contributed by atoms with Gasteiger partial charge < -0.3 is 5.32 Å². The first-order chi connectivity index (χ1) is 9.61. The molecule has 0 saturated carbocycles. The van der Waals surface area contributed by atoms with Gasteiger partial charge in [0.05, 0.1) is 0 Å². The molecular weight excluding hydrogens is 263 g/mol. The first-order valence-corrected chi connectivity index (χ1v) is 6.57. The van der Waals surface area contributed by atoms with Gasteiger partial charge >= 0.3 is 0 Å². The number of benzene rings is 2. The SMILES string of the molecule is CCCc1ccccc1NCc1cc(F)c(F)c(F)c1. The highest BCUT2D eigenvalue weighted by Gasteiger charge is 2.10. The van der Waals surface area contributed by atoms with Gasteiger partial charge in [-0.05, 0) is 35.7 Å². The van der Waals surface area contributed by atoms with Crippen LogP contribution in [0.15, 0.2) is 36.4 Å². The molecule has 1 N–H and O–H groups in total. The summed E-state index contributed by atoms with van der Waals surface area (Å²) >= 11 is 0. The van der Waals surface area contributed by atoms with Crippen LogP contribution in [0.4, 0.5) is 18.9 Å². The number of anilines is 1. The Morgan fingerprint density at radius 1 is 1.00 bits per heavy atom. The maximum Gasteiger partial charge on any atom is 0.194 e. The van der Waals surface area contributed by atoms with Gasteiger partial charge in [-0.2, -0.15) is 0 Å². The summed E-state index contributed by atoms with van der Waals surface area (Å²) in [5.74, 6) is -3.76. The highest BCUT2D eigenvalue weighted by atomic mass is 19.2. The summed E-state index contributed by atoms with van der Waals surface area (Å²) in [6.45, 7) is 2.33. The van der Waals surface area contributed by atoms with E-state index in [4.69, 9.17) is 0 Å². The summed E-state index contributed by atoms with van der Waals surface area (Å²) in [6, 6.07) is 9.79. The maximum absolute atomic E-state index is 13.1. The zero-order chi connectivity index (χ0) is 14.5. The average molecular weight is 279 g/mol. The first-order valence-electron chi connectivity index (χ1n) is 6.57. The van der Waals surface area contributed by atoms with Gasteiger partial charge in [0.25, 0.3) is 0 Å². The third-order valence-electron chi connectivity index (χ3n) is 3.06. The van der Waals surface area contributed by atoms with E-state index in [0.29, 0.717) is 5.56 Å². The van der Waals surface area contributed by atoms with E-state index in [0.717, 1.165) is 36.2 Å². The van der Waals surface area contributed by atoms with Gasteiger partial charge in [-0.3, -0.25) is 0 Å². The second-order valence-corrected chi connectivity index (χ2v) is 4.63. The summed E-state index contributed by atoms with van der Waals surface area (Å²) in [4.78, 5) is 0. The van der Waals surface area contributed by atoms with Gasteiger partial charge in [-0.15, -0.1) is 0 Å². The normalized spacial score (nSPS) is 10.6. The minimum Gasteiger partial charge on any atom is -0.381 e. The molecule has 2 aromatic carbocycles. The van der Waals surface area contributed by atoms with Crippen molar-refractivity contribution in [1.29, 1.82) is 0 Å². The number of aryl methyl sites for hydroxylation is 1. The molecule has 0 saturated heterocycles. The molecule has 0 aliphatic rings. The van der Waals surface area contributed by atoms with E-state index in [-0.39, 0.29) is 6.54 Å². The van der Waals surface area contributed by atoms with Crippen LogP contribution < -0.4 is 5.32 Å². The third-order valence-corrected chi connectivity index (χ3v) is 3.06. The van der Waals surface area contributed by atoms with Gasteiger partial charge in [0.2, 0.25) is 0 Å². The molecule has 106 valence electrons. The molecule has 0 unspecified atom stereocenters. The zero-order valence-corrected chi connectivity index (χ0v) is 11.2. The van der Waals surface area contributed by atoms with Crippen LogP contribution in [0.1, 0.15) is 24.5 Å². The predicted octanol–water partition coefficient (Wildman–Crippen LogP) is 4.67. The molecule has 0 radical (unpaired) electrons. The highest BCUT2D eigenvalue weighted by Crippen LogP contribution is 2.19. The van der Waals surface area contributed by atoms with Crippen molar-refractivity contribution in [3.8, 4) is 0 Å². The Balaban J connectivity index is 2.13. The first kappa shape index (κ1) is 14.4. The highest BCUT2D eigenvalue weighted by molar-refractivity contribution is 5.51. The Labute approximate surface area is 116 Å². The van der Waals surface area contributed by atoms with E-state index >= 15 is 0 Å². The van der Waals surface area contributed by atoms with Crippen LogP contribution in [0.3, 0.4) is 0 Å². The second-order valence-electron chi connectivity index (χ2n) is 4.63. The van der Waals surface area contributed by atoms with Crippen LogP contribution in [0, 0.1) is 17.5 Å². The van der Waals surface area contributed by atoms with Gasteiger partial charge in [0.15, 0.2) is 17.5 Å². The molecule has 0 aromatic heterocycles. The zero-order valence-electron chi connectivity index (χ0n) is 11.2. The predicted molar refractivity (Wildman–Crippen MR) is 74.1 cm³/mol. The van der Waals surface area contributed by atoms with Crippen molar-refractivity contribution in [2.75, 3.05) is 5.32 Å². The fourth-order valence-corrected chi connectivity index (χ4v) is 2.09. The summed E-state index contributed by atoms with van der Waals surface area (Å²) in [5, 5.41) is 3.13. The van der Waals surface area contributed by atoms with Crippen molar-refractivity contribution in [3.05, 3.63) is 65.0 Å². The fraction of sp³-hybridized carbons (Fsp3) is 0.250. The summed E-state index contributed by atoms with van der Waals surface area (Å²) in [6.07, 6.45) is 1.94. The summed E-state index contributed by atoms with van der Waals surface area (Å²) in [5.41, 5.74) is 2.45. The molecule has 0 fully saturated rings. The van der Waals surface area contributed by atoms with E-state index in [9.17, 15) is 13.2 Å². The summed E-state index contributed by atoms with van der Waals surface area (Å²) < 4.78 is 39.1. The molecular formula is C16H16F3N. The number of para-hydroxylation sites is 1. The minimum absolute atomic E-state index is 0.245. The largest absolute Gasteiger partial charge is 0.381 e. The number of hydrogen-bond acceptors (Lipinski definition) is 1. The van der Waals surface area contributed by atoms with Crippen LogP contribution in [-0.2, 0) is 13.0 Å². The van der Waals surface area contributed by atoms with Crippen LogP contribution >= 0.6 is 0 Å². The van der Waals surface area contributed by atoms with Gasteiger partial charge in [0, 0.05) is 12.2 Å². The standard InChI is InChI=1S/C16H16F3N/c1-2-5-12-6-3-4-7-15(12)20-10-11-8-13(17)16(19)14(18)9-11/h3-4,6-9,20H,2,5,10H2,1H3. The molecule has 1 nitrogen and oxygen atoms in total. The topological polar surface area (TPSA) is 12.0 Å². The Hall–Kier alpha value is -1.97. The van der Waals surface area contributed by atoms with Crippen LogP contribution in [0.5, 0.6) is 0 Å². The van der Waals surface area contributed by atoms with Crippen LogP contribution in [0.2, 0.25) is 0 Å². The van der Waals surface area contributed by atoms with Crippen molar-refractivity contribution >= 4 is 5.69 Å². The van der Waals surface area contributed by atoms with Crippen molar-refractivity contribution < 1.29 is 13.2 Å². The lowest BCUT2D eigenvalue weighted by atomic mass is 10.1. The summed E-state index contributed by atoms with van der Waals surface area (Å²) in [7, 11) is 0. The van der Waals surface area contributed by atoms with Gasteiger partial charge in [-0.1, -0.05) is 31.5 Å². The molecule has 0 bridgehead atoms. The lowest BCUT2D eigenvalue weighted by Crippen LogP contribution is -2.04. The van der Waals surface area contributed by atoms with Gasteiger partial charge in [0.1, 0.15) is 0 Å². The maximum atomic E-state index is 13.1. The molecule has 0 atom stereocenters. The Bertz CT molecular complexity index is 573. The van der Waals surface area contributed by atoms with E-state index in [1.807, 2.05) is 24.3 Å². The number of rotatable bonds is 5. The van der Waals surface area contributed by atoms with E-state index in [2.05, 4.69) is 12.2 Å². The van der Waals surface area contributed by atoms with E-state index in [1.54, 1.807) is 0 Å². The van der Waals surface area contributed by atoms with Crippen molar-refractivity contribution in [1.82, 2.24) is 0 Å². The molecule has 0 aliphatic heterocycles. The number of halogens is 3. The smallest absolute Gasteiger partial charge is 0.194 e. The quantitative estimate of drug-likeness (QED) is 0.784. The molecule has 2 rings (SSSR count). The Morgan fingerprint density at radius 3 is 2.30 bits per heavy atom. The molecule has 2 aromatic rings. The van der Waals surface area contributed by atoms with Crippen LogP contribution in [-0.4, -0.2) is 0 Å². The molecule has 20 heavy (non-hydrogen) atoms. The molecule has 4 heteroatoms. The lowest BCUT2D eigenvalue weighted by Gasteiger charge is -2.12. The van der Waals surface area contributed by atoms with Gasteiger partial charge in [-0.25, -0.2) is 13.2 Å². The van der Waals surface area contributed by atoms with Crippen molar-refractivity contribution in [2.45, 2.75) is 26.3 Å². The third kappa shape index (κ3) is 3.32. The number of hydrogen-bond donors (Lipinski definition) is 1. The molecule has 0 heterocycles. The molecule has 0 amide bonds. The Kier molecular flexibility index (Phi) is 4.66. The van der Waals surface area contributed by atoms with Crippen molar-refractivity contribution in [3.63, 3.8) is 0 Å². The minimum atomic E-state index is -1.43. The number of nitrogens with one attached hydrogen (secondary N) is 1. The van der Waals surface area contributed by atoms with E-state index in [1.165, 1.54) is 0 Å².